The first kappa shape index (κ1) is 19.4. The number of nitrogens with one attached hydrogen (secondary N) is 1. The molecule has 7 nitrogen and oxygen atoms in total. The summed E-state index contributed by atoms with van der Waals surface area (Å²) < 4.78 is 31.6. The minimum absolute atomic E-state index is 0.0750. The van der Waals surface area contributed by atoms with Crippen molar-refractivity contribution in [1.29, 1.82) is 0 Å². The number of methoxy groups -OCH3 is 1. The molecule has 0 radical (unpaired) electrons. The van der Waals surface area contributed by atoms with Gasteiger partial charge in [-0.15, -0.1) is 0 Å². The van der Waals surface area contributed by atoms with Crippen LogP contribution in [0.15, 0.2) is 23.1 Å². The Labute approximate surface area is 137 Å². The average molecular weight is 343 g/mol. The third-order valence-electron chi connectivity index (χ3n) is 3.43. The van der Waals surface area contributed by atoms with E-state index in [1.165, 1.54) is 29.6 Å². The van der Waals surface area contributed by atoms with Crippen LogP contribution >= 0.6 is 0 Å². The Morgan fingerprint density at radius 3 is 2.48 bits per heavy atom. The molecule has 1 rings (SSSR count). The molecule has 8 heteroatoms. The van der Waals surface area contributed by atoms with Crippen molar-refractivity contribution in [1.82, 2.24) is 9.62 Å². The SMILES string of the molecule is CCN(CC)S(=O)(=O)c1ccc(OC)c(C(=O)NCCCN)c1. The molecule has 130 valence electrons. The maximum absolute atomic E-state index is 12.6. The molecule has 0 aliphatic rings. The molecule has 0 heterocycles. The fraction of sp³-hybridized carbons (Fsp3) is 0.533. The fourth-order valence-electron chi connectivity index (χ4n) is 2.14. The number of hydrogen-bond donors (Lipinski definition) is 2. The largest absolute Gasteiger partial charge is 0.496 e. The molecule has 0 spiro atoms. The summed E-state index contributed by atoms with van der Waals surface area (Å²) in [6.45, 7) is 5.15. The molecular formula is C15H25N3O4S. The van der Waals surface area contributed by atoms with Crippen molar-refractivity contribution in [3.05, 3.63) is 23.8 Å². The maximum Gasteiger partial charge on any atom is 0.255 e. The van der Waals surface area contributed by atoms with Crippen LogP contribution in [0.3, 0.4) is 0 Å². The van der Waals surface area contributed by atoms with Gasteiger partial charge < -0.3 is 15.8 Å². The van der Waals surface area contributed by atoms with Crippen LogP contribution in [0.2, 0.25) is 0 Å². The van der Waals surface area contributed by atoms with Crippen molar-refractivity contribution < 1.29 is 17.9 Å². The lowest BCUT2D eigenvalue weighted by molar-refractivity contribution is 0.0950. The van der Waals surface area contributed by atoms with Gasteiger partial charge in [0.1, 0.15) is 5.75 Å². The molecule has 0 saturated heterocycles. The van der Waals surface area contributed by atoms with Gasteiger partial charge in [-0.2, -0.15) is 4.31 Å². The van der Waals surface area contributed by atoms with Gasteiger partial charge in [0.05, 0.1) is 17.6 Å². The Hall–Kier alpha value is -1.64. The second-order valence-electron chi connectivity index (χ2n) is 4.85. The first-order valence-electron chi connectivity index (χ1n) is 7.58. The predicted molar refractivity (Wildman–Crippen MR) is 89.1 cm³/mol. The third kappa shape index (κ3) is 4.66. The molecule has 0 fully saturated rings. The molecule has 0 atom stereocenters. The lowest BCUT2D eigenvalue weighted by Crippen LogP contribution is -2.31. The Morgan fingerprint density at radius 1 is 1.30 bits per heavy atom. The quantitative estimate of drug-likeness (QED) is 0.646. The number of nitrogens with two attached hydrogens (primary N) is 1. The summed E-state index contributed by atoms with van der Waals surface area (Å²) in [4.78, 5) is 12.3. The van der Waals surface area contributed by atoms with Crippen LogP contribution in [0, 0.1) is 0 Å². The molecule has 0 aliphatic carbocycles. The Morgan fingerprint density at radius 2 is 1.96 bits per heavy atom. The number of ether oxygens (including phenoxy) is 1. The van der Waals surface area contributed by atoms with Crippen molar-refractivity contribution in [2.24, 2.45) is 5.73 Å². The molecule has 0 unspecified atom stereocenters. The second-order valence-corrected chi connectivity index (χ2v) is 6.79. The van der Waals surface area contributed by atoms with Crippen LogP contribution in [0.4, 0.5) is 0 Å². The number of hydrogen-bond acceptors (Lipinski definition) is 5. The lowest BCUT2D eigenvalue weighted by Gasteiger charge is -2.19. The smallest absolute Gasteiger partial charge is 0.255 e. The first-order chi connectivity index (χ1) is 10.9. The molecule has 3 N–H and O–H groups in total. The zero-order valence-corrected chi connectivity index (χ0v) is 14.6. The Balaban J connectivity index is 3.19. The molecule has 0 aromatic heterocycles. The summed E-state index contributed by atoms with van der Waals surface area (Å²) >= 11 is 0. The molecule has 0 saturated carbocycles. The van der Waals surface area contributed by atoms with E-state index in [1.54, 1.807) is 13.8 Å². The average Bonchev–Trinajstić information content (AvgIpc) is 2.55. The van der Waals surface area contributed by atoms with Crippen LogP contribution in [-0.2, 0) is 10.0 Å². The van der Waals surface area contributed by atoms with Gasteiger partial charge in [-0.25, -0.2) is 8.42 Å². The van der Waals surface area contributed by atoms with Crippen molar-refractivity contribution in [3.8, 4) is 5.75 Å². The summed E-state index contributed by atoms with van der Waals surface area (Å²) in [6, 6.07) is 4.29. The van der Waals surface area contributed by atoms with Crippen molar-refractivity contribution in [3.63, 3.8) is 0 Å². The molecule has 1 aromatic carbocycles. The van der Waals surface area contributed by atoms with Gasteiger partial charge in [0.25, 0.3) is 5.91 Å². The third-order valence-corrected chi connectivity index (χ3v) is 5.47. The zero-order chi connectivity index (χ0) is 17.5. The van der Waals surface area contributed by atoms with Gasteiger partial charge in [0, 0.05) is 19.6 Å². The van der Waals surface area contributed by atoms with Crippen molar-refractivity contribution in [2.45, 2.75) is 25.2 Å². The van der Waals surface area contributed by atoms with Crippen LogP contribution in [0.25, 0.3) is 0 Å². The van der Waals surface area contributed by atoms with E-state index >= 15 is 0 Å². The number of carbonyl (C=O) groups is 1. The zero-order valence-electron chi connectivity index (χ0n) is 13.8. The van der Waals surface area contributed by atoms with Gasteiger partial charge in [0.2, 0.25) is 10.0 Å². The summed E-state index contributed by atoms with van der Waals surface area (Å²) in [7, 11) is -2.19. The first-order valence-corrected chi connectivity index (χ1v) is 9.02. The van der Waals surface area contributed by atoms with Gasteiger partial charge >= 0.3 is 0 Å². The van der Waals surface area contributed by atoms with E-state index in [0.29, 0.717) is 38.3 Å². The van der Waals surface area contributed by atoms with Crippen molar-refractivity contribution in [2.75, 3.05) is 33.3 Å². The standard InChI is InChI=1S/C15H25N3O4S/c1-4-18(5-2)23(20,21)12-7-8-14(22-3)13(11-12)15(19)17-10-6-9-16/h7-8,11H,4-6,9-10,16H2,1-3H3,(H,17,19). The van der Waals surface area contributed by atoms with Crippen LogP contribution < -0.4 is 15.8 Å². The number of benzene rings is 1. The van der Waals surface area contributed by atoms with E-state index in [0.717, 1.165) is 0 Å². The van der Waals surface area contributed by atoms with Gasteiger partial charge in [-0.1, -0.05) is 13.8 Å². The summed E-state index contributed by atoms with van der Waals surface area (Å²) in [6.07, 6.45) is 0.644. The number of rotatable bonds is 9. The molecule has 1 aromatic rings. The van der Waals surface area contributed by atoms with Crippen LogP contribution in [-0.4, -0.2) is 51.9 Å². The van der Waals surface area contributed by atoms with E-state index < -0.39 is 10.0 Å². The Bertz CT molecular complexity index is 628. The van der Waals surface area contributed by atoms with E-state index in [4.69, 9.17) is 10.5 Å². The minimum atomic E-state index is -3.63. The number of carbonyl (C=O) groups excluding carboxylic acids is 1. The summed E-state index contributed by atoms with van der Waals surface area (Å²) in [5.74, 6) is -0.0550. The highest BCUT2D eigenvalue weighted by atomic mass is 32.2. The number of nitrogens with zero attached hydrogens (tertiary/aromatic N) is 1. The summed E-state index contributed by atoms with van der Waals surface area (Å²) in [5, 5.41) is 2.70. The molecule has 1 amide bonds. The van der Waals surface area contributed by atoms with Crippen LogP contribution in [0.1, 0.15) is 30.6 Å². The van der Waals surface area contributed by atoms with Crippen molar-refractivity contribution >= 4 is 15.9 Å². The maximum atomic E-state index is 12.6. The minimum Gasteiger partial charge on any atom is -0.496 e. The van der Waals surface area contributed by atoms with E-state index in [9.17, 15) is 13.2 Å². The monoisotopic (exact) mass is 343 g/mol. The Kier molecular flexibility index (Phi) is 7.47. The summed E-state index contributed by atoms with van der Waals surface area (Å²) in [5.41, 5.74) is 5.59. The van der Waals surface area contributed by atoms with Gasteiger partial charge in [0.15, 0.2) is 0 Å². The number of amides is 1. The predicted octanol–water partition coefficient (Wildman–Crippen LogP) is 0.804. The second kappa shape index (κ2) is 8.85. The molecule has 0 aliphatic heterocycles. The highest BCUT2D eigenvalue weighted by Crippen LogP contribution is 2.24. The molecule has 0 bridgehead atoms. The molecular weight excluding hydrogens is 318 g/mol. The molecule has 23 heavy (non-hydrogen) atoms. The van der Waals surface area contributed by atoms with Gasteiger partial charge in [-0.05, 0) is 31.2 Å². The number of sulfonamides is 1. The highest BCUT2D eigenvalue weighted by molar-refractivity contribution is 7.89. The topological polar surface area (TPSA) is 102 Å². The highest BCUT2D eigenvalue weighted by Gasteiger charge is 2.24. The van der Waals surface area contributed by atoms with E-state index in [1.807, 2.05) is 0 Å². The fourth-order valence-corrected chi connectivity index (χ4v) is 3.62. The normalized spacial score (nSPS) is 11.5. The van der Waals surface area contributed by atoms with Gasteiger partial charge in [-0.3, -0.25) is 4.79 Å². The van der Waals surface area contributed by atoms with E-state index in [2.05, 4.69) is 5.32 Å². The van der Waals surface area contributed by atoms with E-state index in [-0.39, 0.29) is 16.4 Å². The lowest BCUT2D eigenvalue weighted by atomic mass is 10.2. The van der Waals surface area contributed by atoms with Crippen LogP contribution in [0.5, 0.6) is 5.75 Å².